The highest BCUT2D eigenvalue weighted by Crippen LogP contribution is 2.24. The molecule has 0 N–H and O–H groups in total. The van der Waals surface area contributed by atoms with Crippen molar-refractivity contribution in [2.24, 2.45) is 0 Å². The van der Waals surface area contributed by atoms with Crippen LogP contribution in [0, 0.1) is 0 Å². The van der Waals surface area contributed by atoms with E-state index in [1.54, 1.807) is 24.3 Å². The molecule has 0 bridgehead atoms. The van der Waals surface area contributed by atoms with Gasteiger partial charge in [-0.1, -0.05) is 11.6 Å². The molecule has 0 saturated carbocycles. The second-order valence-electron chi connectivity index (χ2n) is 4.60. The highest BCUT2D eigenvalue weighted by atomic mass is 35.5. The Labute approximate surface area is 134 Å². The molecule has 2 aromatic rings. The van der Waals surface area contributed by atoms with Crippen LogP contribution < -0.4 is 4.74 Å². The molecule has 3 nitrogen and oxygen atoms in total. The summed E-state index contributed by atoms with van der Waals surface area (Å²) in [4.78, 5) is 22.4. The molecule has 7 heteroatoms. The van der Waals surface area contributed by atoms with Gasteiger partial charge in [0.15, 0.2) is 5.78 Å². The summed E-state index contributed by atoms with van der Waals surface area (Å²) in [5.41, 5.74) is 0.00561. The van der Waals surface area contributed by atoms with Crippen LogP contribution >= 0.6 is 11.6 Å². The molecule has 0 spiro atoms. The Morgan fingerprint density at radius 2 is 1.39 bits per heavy atom. The Bertz CT molecular complexity index is 707. The Balaban J connectivity index is 2.03. The molecule has 0 atom stereocenters. The third-order valence-corrected chi connectivity index (χ3v) is 3.11. The molecule has 2 aromatic carbocycles. The monoisotopic (exact) mass is 342 g/mol. The standard InChI is InChI=1S/C16H10ClF3O3/c17-11-3-7-13(8-4-11)23-12-5-1-10(2-6-12)14(21)9-15(22)16(18,19)20/h1-8H,9H2. The molecule has 0 unspecified atom stereocenters. The second kappa shape index (κ2) is 6.83. The topological polar surface area (TPSA) is 43.4 Å². The van der Waals surface area contributed by atoms with E-state index in [0.29, 0.717) is 16.5 Å². The maximum atomic E-state index is 12.1. The lowest BCUT2D eigenvalue weighted by Crippen LogP contribution is -2.25. The van der Waals surface area contributed by atoms with Crippen LogP contribution in [0.1, 0.15) is 16.8 Å². The zero-order valence-corrected chi connectivity index (χ0v) is 12.3. The van der Waals surface area contributed by atoms with E-state index in [9.17, 15) is 22.8 Å². The maximum absolute atomic E-state index is 12.1. The van der Waals surface area contributed by atoms with Crippen molar-refractivity contribution < 1.29 is 27.5 Å². The molecular formula is C16H10ClF3O3. The van der Waals surface area contributed by atoms with E-state index < -0.39 is 24.2 Å². The van der Waals surface area contributed by atoms with E-state index in [2.05, 4.69) is 0 Å². The van der Waals surface area contributed by atoms with Gasteiger partial charge in [-0.15, -0.1) is 0 Å². The summed E-state index contributed by atoms with van der Waals surface area (Å²) in [6, 6.07) is 12.0. The normalized spacial score (nSPS) is 11.1. The van der Waals surface area contributed by atoms with Crippen LogP contribution in [0.5, 0.6) is 11.5 Å². The van der Waals surface area contributed by atoms with Crippen LogP contribution in [0.3, 0.4) is 0 Å². The lowest BCUT2D eigenvalue weighted by molar-refractivity contribution is -0.170. The number of ketones is 2. The average Bonchev–Trinajstić information content (AvgIpc) is 2.49. The number of hydrogen-bond acceptors (Lipinski definition) is 3. The Morgan fingerprint density at radius 1 is 0.913 bits per heavy atom. The van der Waals surface area contributed by atoms with E-state index in [1.165, 1.54) is 24.3 Å². The van der Waals surface area contributed by atoms with Gasteiger partial charge in [0.05, 0.1) is 6.42 Å². The summed E-state index contributed by atoms with van der Waals surface area (Å²) in [6.45, 7) is 0. The number of carbonyl (C=O) groups excluding carboxylic acids is 2. The first kappa shape index (κ1) is 17.0. The fourth-order valence-electron chi connectivity index (χ4n) is 1.70. The summed E-state index contributed by atoms with van der Waals surface area (Å²) in [5, 5.41) is 0.549. The molecule has 0 radical (unpaired) electrons. The third kappa shape index (κ3) is 4.82. The minimum absolute atomic E-state index is 0.00561. The predicted octanol–water partition coefficient (Wildman–Crippen LogP) is 4.84. The van der Waals surface area contributed by atoms with Crippen molar-refractivity contribution in [1.82, 2.24) is 0 Å². The fourth-order valence-corrected chi connectivity index (χ4v) is 1.82. The number of hydrogen-bond donors (Lipinski definition) is 0. The Hall–Kier alpha value is -2.34. The number of Topliss-reactive ketones (excluding diaryl/α,β-unsaturated/α-hetero) is 2. The Morgan fingerprint density at radius 3 is 1.87 bits per heavy atom. The highest BCUT2D eigenvalue weighted by Gasteiger charge is 2.39. The lowest BCUT2D eigenvalue weighted by Gasteiger charge is -2.07. The molecule has 23 heavy (non-hydrogen) atoms. The SMILES string of the molecule is O=C(CC(=O)C(F)(F)F)c1ccc(Oc2ccc(Cl)cc2)cc1. The van der Waals surface area contributed by atoms with Crippen LogP contribution in [0.25, 0.3) is 0 Å². The van der Waals surface area contributed by atoms with Gasteiger partial charge in [0.2, 0.25) is 5.78 Å². The molecule has 0 saturated heterocycles. The number of rotatable bonds is 5. The average molecular weight is 343 g/mol. The van der Waals surface area contributed by atoms with Crippen molar-refractivity contribution in [1.29, 1.82) is 0 Å². The molecule has 0 amide bonds. The van der Waals surface area contributed by atoms with Gasteiger partial charge in [-0.25, -0.2) is 0 Å². The minimum Gasteiger partial charge on any atom is -0.457 e. The number of carbonyl (C=O) groups is 2. The van der Waals surface area contributed by atoms with Gasteiger partial charge in [0.1, 0.15) is 11.5 Å². The minimum atomic E-state index is -5.01. The Kier molecular flexibility index (Phi) is 5.05. The number of halogens is 4. The number of alkyl halides is 3. The molecule has 0 aliphatic heterocycles. The van der Waals surface area contributed by atoms with Crippen molar-refractivity contribution in [3.63, 3.8) is 0 Å². The van der Waals surface area contributed by atoms with Crippen LogP contribution in [0.2, 0.25) is 5.02 Å². The molecule has 0 aromatic heterocycles. The van der Waals surface area contributed by atoms with E-state index in [1.807, 2.05) is 0 Å². The van der Waals surface area contributed by atoms with Crippen molar-refractivity contribution >= 4 is 23.2 Å². The van der Waals surface area contributed by atoms with Crippen LogP contribution in [0.15, 0.2) is 48.5 Å². The molecule has 120 valence electrons. The summed E-state index contributed by atoms with van der Waals surface area (Å²) in [7, 11) is 0. The molecule has 2 rings (SSSR count). The van der Waals surface area contributed by atoms with Crippen LogP contribution in [0.4, 0.5) is 13.2 Å². The number of ether oxygens (including phenoxy) is 1. The van der Waals surface area contributed by atoms with E-state index >= 15 is 0 Å². The van der Waals surface area contributed by atoms with Crippen molar-refractivity contribution in [2.75, 3.05) is 0 Å². The fraction of sp³-hybridized carbons (Fsp3) is 0.125. The molecule has 0 aliphatic rings. The van der Waals surface area contributed by atoms with Crippen molar-refractivity contribution in [3.05, 3.63) is 59.1 Å². The first-order valence-electron chi connectivity index (χ1n) is 6.42. The zero-order valence-electron chi connectivity index (χ0n) is 11.6. The first-order chi connectivity index (χ1) is 10.8. The molecular weight excluding hydrogens is 333 g/mol. The van der Waals surface area contributed by atoms with Gasteiger partial charge in [0.25, 0.3) is 0 Å². The maximum Gasteiger partial charge on any atom is 0.450 e. The smallest absolute Gasteiger partial charge is 0.450 e. The van der Waals surface area contributed by atoms with E-state index in [-0.39, 0.29) is 5.56 Å². The van der Waals surface area contributed by atoms with Gasteiger partial charge in [-0.05, 0) is 48.5 Å². The quantitative estimate of drug-likeness (QED) is 0.577. The molecule has 0 fully saturated rings. The lowest BCUT2D eigenvalue weighted by atomic mass is 10.1. The second-order valence-corrected chi connectivity index (χ2v) is 5.04. The van der Waals surface area contributed by atoms with Gasteiger partial charge < -0.3 is 4.74 Å². The summed E-state index contributed by atoms with van der Waals surface area (Å²) >= 11 is 5.74. The van der Waals surface area contributed by atoms with E-state index in [0.717, 1.165) is 0 Å². The summed E-state index contributed by atoms with van der Waals surface area (Å²) in [6.07, 6.45) is -6.21. The zero-order chi connectivity index (χ0) is 17.0. The molecule has 0 aliphatic carbocycles. The summed E-state index contributed by atoms with van der Waals surface area (Å²) in [5.74, 6) is -2.05. The summed E-state index contributed by atoms with van der Waals surface area (Å²) < 4.78 is 41.9. The third-order valence-electron chi connectivity index (χ3n) is 2.86. The number of benzene rings is 2. The molecule has 0 heterocycles. The van der Waals surface area contributed by atoms with Gasteiger partial charge >= 0.3 is 6.18 Å². The van der Waals surface area contributed by atoms with Gasteiger partial charge in [-0.2, -0.15) is 13.2 Å². The van der Waals surface area contributed by atoms with E-state index in [4.69, 9.17) is 16.3 Å². The van der Waals surface area contributed by atoms with Crippen LogP contribution in [-0.2, 0) is 4.79 Å². The largest absolute Gasteiger partial charge is 0.457 e. The van der Waals surface area contributed by atoms with Gasteiger partial charge in [-0.3, -0.25) is 9.59 Å². The van der Waals surface area contributed by atoms with Gasteiger partial charge in [0, 0.05) is 10.6 Å². The first-order valence-corrected chi connectivity index (χ1v) is 6.80. The van der Waals surface area contributed by atoms with Crippen LogP contribution in [-0.4, -0.2) is 17.7 Å². The predicted molar refractivity (Wildman–Crippen MR) is 78.0 cm³/mol. The highest BCUT2D eigenvalue weighted by molar-refractivity contribution is 6.30. The van der Waals surface area contributed by atoms with Crippen molar-refractivity contribution in [3.8, 4) is 11.5 Å². The van der Waals surface area contributed by atoms with Crippen molar-refractivity contribution in [2.45, 2.75) is 12.6 Å².